The first kappa shape index (κ1) is 22.7. The molecule has 1 aromatic carbocycles. The van der Waals surface area contributed by atoms with Crippen LogP contribution in [0, 0.1) is 0 Å². The van der Waals surface area contributed by atoms with Crippen LogP contribution >= 0.6 is 0 Å². The van der Waals surface area contributed by atoms with Crippen molar-refractivity contribution in [2.75, 3.05) is 19.8 Å². The fourth-order valence-electron chi connectivity index (χ4n) is 2.88. The van der Waals surface area contributed by atoms with Crippen LogP contribution in [0.4, 0.5) is 4.79 Å². The summed E-state index contributed by atoms with van der Waals surface area (Å²) in [5.74, 6) is 0.157. The van der Waals surface area contributed by atoms with Gasteiger partial charge in [-0.25, -0.2) is 4.79 Å². The van der Waals surface area contributed by atoms with Gasteiger partial charge in [-0.2, -0.15) is 0 Å². The highest BCUT2D eigenvalue weighted by Gasteiger charge is 2.29. The molecule has 0 aliphatic heterocycles. The number of carbonyl (C=O) groups is 1. The van der Waals surface area contributed by atoms with Crippen molar-refractivity contribution in [3.05, 3.63) is 5.56 Å². The maximum atomic E-state index is 11.2. The van der Waals surface area contributed by atoms with Crippen molar-refractivity contribution in [3.63, 3.8) is 0 Å². The van der Waals surface area contributed by atoms with E-state index in [2.05, 4.69) is 6.92 Å². The van der Waals surface area contributed by atoms with Gasteiger partial charge in [-0.3, -0.25) is 0 Å². The molecule has 0 fully saturated rings. The van der Waals surface area contributed by atoms with Gasteiger partial charge in [0.1, 0.15) is 0 Å². The second-order valence-electron chi connectivity index (χ2n) is 5.97. The number of unbranched alkanes of at least 4 members (excludes halogenated alkanes) is 4. The third-order valence-corrected chi connectivity index (χ3v) is 3.98. The Morgan fingerprint density at radius 2 is 1.33 bits per heavy atom. The molecule has 7 heteroatoms. The summed E-state index contributed by atoms with van der Waals surface area (Å²) in [7, 11) is 0. The van der Waals surface area contributed by atoms with E-state index in [1.165, 1.54) is 0 Å². The van der Waals surface area contributed by atoms with E-state index in [0.717, 1.165) is 32.1 Å². The van der Waals surface area contributed by atoms with Crippen LogP contribution in [0.2, 0.25) is 0 Å². The number of benzene rings is 1. The highest BCUT2D eigenvalue weighted by molar-refractivity contribution is 5.73. The molecule has 0 saturated heterocycles. The molecule has 0 spiro atoms. The number of hydrogen-bond donors (Lipinski definition) is 2. The van der Waals surface area contributed by atoms with Crippen molar-refractivity contribution in [1.29, 1.82) is 0 Å². The lowest BCUT2D eigenvalue weighted by Crippen LogP contribution is -2.11. The van der Waals surface area contributed by atoms with Crippen molar-refractivity contribution in [1.82, 2.24) is 0 Å². The summed E-state index contributed by atoms with van der Waals surface area (Å²) >= 11 is 0. The summed E-state index contributed by atoms with van der Waals surface area (Å²) in [6, 6.07) is 0. The number of phenolic OH excluding ortho intramolecular Hbond substituents is 1. The molecule has 1 rings (SSSR count). The maximum absolute atomic E-state index is 11.2. The zero-order valence-electron chi connectivity index (χ0n) is 16.8. The molecule has 0 bridgehead atoms. The highest BCUT2D eigenvalue weighted by Crippen LogP contribution is 2.53. The Balaban J connectivity index is 3.43. The average molecular weight is 384 g/mol. The molecule has 0 atom stereocenters. The Hall–Kier alpha value is -2.31. The van der Waals surface area contributed by atoms with Crippen LogP contribution in [0.25, 0.3) is 0 Å². The van der Waals surface area contributed by atoms with Crippen LogP contribution in [0.5, 0.6) is 28.7 Å². The van der Waals surface area contributed by atoms with Gasteiger partial charge in [-0.1, -0.05) is 32.6 Å². The molecule has 0 saturated carbocycles. The first-order valence-corrected chi connectivity index (χ1v) is 9.72. The summed E-state index contributed by atoms with van der Waals surface area (Å²) < 4.78 is 21.9. The van der Waals surface area contributed by atoms with Crippen LogP contribution < -0.4 is 18.9 Å². The van der Waals surface area contributed by atoms with E-state index < -0.39 is 6.16 Å². The van der Waals surface area contributed by atoms with E-state index in [1.807, 2.05) is 13.8 Å². The minimum Gasteiger partial charge on any atom is -0.502 e. The minimum absolute atomic E-state index is 0.0359. The lowest BCUT2D eigenvalue weighted by Gasteiger charge is -2.22. The molecule has 1 aromatic rings. The molecule has 0 heterocycles. The van der Waals surface area contributed by atoms with Crippen LogP contribution in [0.15, 0.2) is 0 Å². The second-order valence-corrected chi connectivity index (χ2v) is 5.97. The third-order valence-electron chi connectivity index (χ3n) is 3.98. The van der Waals surface area contributed by atoms with Gasteiger partial charge >= 0.3 is 6.16 Å². The number of phenols is 1. The summed E-state index contributed by atoms with van der Waals surface area (Å²) in [5.41, 5.74) is 0.486. The average Bonchev–Trinajstić information content (AvgIpc) is 2.63. The minimum atomic E-state index is -1.51. The summed E-state index contributed by atoms with van der Waals surface area (Å²) in [6.07, 6.45) is 4.18. The number of rotatable bonds is 13. The van der Waals surface area contributed by atoms with Crippen LogP contribution in [-0.4, -0.2) is 36.2 Å². The summed E-state index contributed by atoms with van der Waals surface area (Å²) in [6.45, 7) is 8.50. The quantitative estimate of drug-likeness (QED) is 0.276. The Morgan fingerprint density at radius 3 is 1.89 bits per heavy atom. The Bertz CT molecular complexity index is 599. The largest absolute Gasteiger partial charge is 0.511 e. The van der Waals surface area contributed by atoms with E-state index in [4.69, 9.17) is 24.1 Å². The fraction of sp³-hybridized carbons (Fsp3) is 0.650. The smallest absolute Gasteiger partial charge is 0.502 e. The third kappa shape index (κ3) is 6.41. The van der Waals surface area contributed by atoms with Gasteiger partial charge in [0.15, 0.2) is 11.5 Å². The summed E-state index contributed by atoms with van der Waals surface area (Å²) in [5, 5.41) is 19.8. The molecule has 2 N–H and O–H groups in total. The monoisotopic (exact) mass is 384 g/mol. The fourth-order valence-corrected chi connectivity index (χ4v) is 2.88. The molecule has 0 amide bonds. The zero-order valence-corrected chi connectivity index (χ0v) is 16.8. The van der Waals surface area contributed by atoms with Gasteiger partial charge in [0.25, 0.3) is 0 Å². The topological polar surface area (TPSA) is 94.5 Å². The van der Waals surface area contributed by atoms with Crippen LogP contribution in [0.1, 0.15) is 65.4 Å². The van der Waals surface area contributed by atoms with Gasteiger partial charge in [0, 0.05) is 5.56 Å². The van der Waals surface area contributed by atoms with Crippen molar-refractivity contribution in [2.45, 2.75) is 66.2 Å². The molecule has 7 nitrogen and oxygen atoms in total. The van der Waals surface area contributed by atoms with Gasteiger partial charge in [-0.15, -0.1) is 0 Å². The number of carboxylic acid groups (broad SMARTS) is 1. The normalized spacial score (nSPS) is 10.5. The van der Waals surface area contributed by atoms with E-state index in [0.29, 0.717) is 30.9 Å². The summed E-state index contributed by atoms with van der Waals surface area (Å²) in [4.78, 5) is 11.2. The van der Waals surface area contributed by atoms with E-state index >= 15 is 0 Å². The Kier molecular flexibility index (Phi) is 10.2. The predicted molar refractivity (Wildman–Crippen MR) is 103 cm³/mol. The number of aromatic hydroxyl groups is 1. The van der Waals surface area contributed by atoms with E-state index in [1.54, 1.807) is 6.92 Å². The first-order valence-electron chi connectivity index (χ1n) is 9.72. The standard InChI is InChI=1S/C20H32O7/c1-5-9-10-11-12-13-14-16(27-20(22)23)15(21)18(25-7-3)19(26-8-4)17(14)24-6-2/h21H,5-13H2,1-4H3,(H,22,23). The Morgan fingerprint density at radius 1 is 0.778 bits per heavy atom. The van der Waals surface area contributed by atoms with Gasteiger partial charge in [0.2, 0.25) is 17.2 Å². The van der Waals surface area contributed by atoms with Crippen molar-refractivity contribution in [2.24, 2.45) is 0 Å². The molecule has 0 aliphatic carbocycles. The van der Waals surface area contributed by atoms with Crippen LogP contribution in [-0.2, 0) is 6.42 Å². The van der Waals surface area contributed by atoms with E-state index in [-0.39, 0.29) is 29.6 Å². The molecule has 0 radical (unpaired) electrons. The predicted octanol–water partition coefficient (Wildman–Crippen LogP) is 5.16. The first-order chi connectivity index (χ1) is 13.0. The van der Waals surface area contributed by atoms with Gasteiger partial charge < -0.3 is 29.2 Å². The van der Waals surface area contributed by atoms with E-state index in [9.17, 15) is 9.90 Å². The lowest BCUT2D eigenvalue weighted by atomic mass is 10.0. The molecular formula is C20H32O7. The Labute approximate surface area is 161 Å². The molecule has 27 heavy (non-hydrogen) atoms. The maximum Gasteiger partial charge on any atom is 0.511 e. The molecule has 0 aromatic heterocycles. The lowest BCUT2D eigenvalue weighted by molar-refractivity contribution is 0.141. The molecular weight excluding hydrogens is 352 g/mol. The molecule has 0 aliphatic rings. The SMILES string of the molecule is CCCCCCCc1c(OC(=O)O)c(O)c(OCC)c(OCC)c1OCC. The van der Waals surface area contributed by atoms with Gasteiger partial charge in [-0.05, 0) is 33.6 Å². The van der Waals surface area contributed by atoms with Crippen molar-refractivity contribution in [3.8, 4) is 28.7 Å². The molecule has 0 unspecified atom stereocenters. The highest BCUT2D eigenvalue weighted by atomic mass is 16.7. The number of hydrogen-bond acceptors (Lipinski definition) is 6. The van der Waals surface area contributed by atoms with Gasteiger partial charge in [0.05, 0.1) is 19.8 Å². The van der Waals surface area contributed by atoms with Crippen molar-refractivity contribution < 1.29 is 34.0 Å². The number of ether oxygens (including phenoxy) is 4. The zero-order chi connectivity index (χ0) is 20.2. The second kappa shape index (κ2) is 12.1. The van der Waals surface area contributed by atoms with Crippen LogP contribution in [0.3, 0.4) is 0 Å². The van der Waals surface area contributed by atoms with Crippen molar-refractivity contribution >= 4 is 6.16 Å². The molecule has 154 valence electrons.